The van der Waals surface area contributed by atoms with Crippen LogP contribution in [0.25, 0.3) is 10.8 Å². The zero-order valence-corrected chi connectivity index (χ0v) is 17.7. The predicted octanol–water partition coefficient (Wildman–Crippen LogP) is 4.08. The third-order valence-corrected chi connectivity index (χ3v) is 5.09. The van der Waals surface area contributed by atoms with Crippen LogP contribution in [0.5, 0.6) is 5.75 Å². The molecule has 0 heterocycles. The highest BCUT2D eigenvalue weighted by Gasteiger charge is 2.26. The second-order valence-corrected chi connectivity index (χ2v) is 7.34. The van der Waals surface area contributed by atoms with Gasteiger partial charge in [0.05, 0.1) is 0 Å². The topological polar surface area (TPSA) is 58.6 Å². The van der Waals surface area contributed by atoms with Crippen molar-refractivity contribution < 1.29 is 14.3 Å². The highest BCUT2D eigenvalue weighted by Crippen LogP contribution is 2.25. The zero-order chi connectivity index (χ0) is 21.5. The third kappa shape index (κ3) is 5.17. The number of fused-ring (bicyclic) bond motifs is 1. The summed E-state index contributed by atoms with van der Waals surface area (Å²) in [4.78, 5) is 27.1. The highest BCUT2D eigenvalue weighted by molar-refractivity contribution is 5.90. The number of rotatable bonds is 8. The predicted molar refractivity (Wildman–Crippen MR) is 119 cm³/mol. The summed E-state index contributed by atoms with van der Waals surface area (Å²) < 4.78 is 5.89. The Morgan fingerprint density at radius 1 is 1.00 bits per heavy atom. The van der Waals surface area contributed by atoms with Gasteiger partial charge in [-0.3, -0.25) is 9.59 Å². The fourth-order valence-corrected chi connectivity index (χ4v) is 3.34. The van der Waals surface area contributed by atoms with Gasteiger partial charge in [-0.15, -0.1) is 0 Å². The van der Waals surface area contributed by atoms with Gasteiger partial charge in [0.1, 0.15) is 11.8 Å². The van der Waals surface area contributed by atoms with Gasteiger partial charge < -0.3 is 15.0 Å². The lowest BCUT2D eigenvalue weighted by Crippen LogP contribution is -2.49. The Morgan fingerprint density at radius 3 is 2.43 bits per heavy atom. The summed E-state index contributed by atoms with van der Waals surface area (Å²) in [5.41, 5.74) is 2.11. The average molecular weight is 405 g/mol. The molecule has 156 valence electrons. The van der Waals surface area contributed by atoms with Crippen molar-refractivity contribution in [3.63, 3.8) is 0 Å². The standard InChI is InChI=1S/C25H28N2O3/c1-4-26-25(29)19(3)27(16-20-14-12-18(2)13-15-20)24(28)17-30-23-11-7-9-21-8-5-6-10-22(21)23/h5-15,19H,4,16-17H2,1-3H3,(H,26,29)/t19-/m1/s1. The number of nitrogens with zero attached hydrogens (tertiary/aromatic N) is 1. The molecule has 3 aromatic carbocycles. The van der Waals surface area contributed by atoms with E-state index in [-0.39, 0.29) is 18.4 Å². The Balaban J connectivity index is 1.78. The van der Waals surface area contributed by atoms with Crippen LogP contribution in [0, 0.1) is 6.92 Å². The number of amides is 2. The zero-order valence-electron chi connectivity index (χ0n) is 17.7. The van der Waals surface area contributed by atoms with E-state index in [1.807, 2.05) is 80.6 Å². The van der Waals surface area contributed by atoms with Crippen molar-refractivity contribution in [1.82, 2.24) is 10.2 Å². The number of hydrogen-bond acceptors (Lipinski definition) is 3. The second-order valence-electron chi connectivity index (χ2n) is 7.34. The molecule has 0 aliphatic carbocycles. The maximum Gasteiger partial charge on any atom is 0.261 e. The fraction of sp³-hybridized carbons (Fsp3) is 0.280. The van der Waals surface area contributed by atoms with Crippen molar-refractivity contribution in [3.05, 3.63) is 77.9 Å². The monoisotopic (exact) mass is 404 g/mol. The van der Waals surface area contributed by atoms with Crippen LogP contribution in [0.4, 0.5) is 0 Å². The molecule has 0 aliphatic rings. The Morgan fingerprint density at radius 2 is 1.70 bits per heavy atom. The van der Waals surface area contributed by atoms with E-state index in [2.05, 4.69) is 5.32 Å². The van der Waals surface area contributed by atoms with Crippen molar-refractivity contribution in [2.45, 2.75) is 33.4 Å². The Kier molecular flexibility index (Phi) is 7.07. The van der Waals surface area contributed by atoms with Crippen LogP contribution in [0.1, 0.15) is 25.0 Å². The molecule has 3 aromatic rings. The third-order valence-electron chi connectivity index (χ3n) is 5.09. The SMILES string of the molecule is CCNC(=O)[C@@H](C)N(Cc1ccc(C)cc1)C(=O)COc1cccc2ccccc12. The Hall–Kier alpha value is -3.34. The number of aryl methyl sites for hydroxylation is 1. The molecule has 1 N–H and O–H groups in total. The van der Waals surface area contributed by atoms with Crippen LogP contribution < -0.4 is 10.1 Å². The molecular formula is C25H28N2O3. The summed E-state index contributed by atoms with van der Waals surface area (Å²) in [6.07, 6.45) is 0. The smallest absolute Gasteiger partial charge is 0.261 e. The molecule has 0 radical (unpaired) electrons. The number of carbonyl (C=O) groups excluding carboxylic acids is 2. The first-order valence-corrected chi connectivity index (χ1v) is 10.2. The average Bonchev–Trinajstić information content (AvgIpc) is 2.76. The summed E-state index contributed by atoms with van der Waals surface area (Å²) in [5, 5.41) is 4.80. The number of likely N-dealkylation sites (N-methyl/N-ethyl adjacent to an activating group) is 1. The van der Waals surface area contributed by atoms with Crippen molar-refractivity contribution in [2.24, 2.45) is 0 Å². The number of benzene rings is 3. The molecule has 0 saturated heterocycles. The first-order chi connectivity index (χ1) is 14.5. The normalized spacial score (nSPS) is 11.7. The van der Waals surface area contributed by atoms with Gasteiger partial charge in [-0.1, -0.05) is 66.2 Å². The van der Waals surface area contributed by atoms with Crippen LogP contribution in [0.2, 0.25) is 0 Å². The van der Waals surface area contributed by atoms with E-state index in [1.165, 1.54) is 0 Å². The fourth-order valence-electron chi connectivity index (χ4n) is 3.34. The minimum Gasteiger partial charge on any atom is -0.483 e. The molecule has 0 spiro atoms. The molecule has 0 bridgehead atoms. The van der Waals surface area contributed by atoms with Crippen LogP contribution in [-0.2, 0) is 16.1 Å². The molecule has 0 aliphatic heterocycles. The molecule has 0 aromatic heterocycles. The minimum atomic E-state index is -0.602. The molecule has 0 fully saturated rings. The molecule has 5 nitrogen and oxygen atoms in total. The van der Waals surface area contributed by atoms with Crippen molar-refractivity contribution in [1.29, 1.82) is 0 Å². The molecule has 1 atom stereocenters. The summed E-state index contributed by atoms with van der Waals surface area (Å²) in [6.45, 7) is 6.35. The number of carbonyl (C=O) groups is 2. The maximum atomic E-state index is 13.1. The van der Waals surface area contributed by atoms with Crippen molar-refractivity contribution in [2.75, 3.05) is 13.2 Å². The first-order valence-electron chi connectivity index (χ1n) is 10.2. The van der Waals surface area contributed by atoms with E-state index >= 15 is 0 Å². The molecule has 0 unspecified atom stereocenters. The summed E-state index contributed by atoms with van der Waals surface area (Å²) in [5.74, 6) is 0.243. The number of ether oxygens (including phenoxy) is 1. The second kappa shape index (κ2) is 9.92. The van der Waals surface area contributed by atoms with E-state index in [0.29, 0.717) is 18.8 Å². The van der Waals surface area contributed by atoms with E-state index in [9.17, 15) is 9.59 Å². The summed E-state index contributed by atoms with van der Waals surface area (Å²) in [7, 11) is 0. The summed E-state index contributed by atoms with van der Waals surface area (Å²) >= 11 is 0. The first kappa shape index (κ1) is 21.4. The lowest BCUT2D eigenvalue weighted by atomic mass is 10.1. The van der Waals surface area contributed by atoms with Gasteiger partial charge >= 0.3 is 0 Å². The van der Waals surface area contributed by atoms with Crippen LogP contribution >= 0.6 is 0 Å². The van der Waals surface area contributed by atoms with E-state index in [0.717, 1.165) is 21.9 Å². The van der Waals surface area contributed by atoms with Crippen LogP contribution in [0.15, 0.2) is 66.7 Å². The lowest BCUT2D eigenvalue weighted by Gasteiger charge is -2.28. The number of hydrogen-bond donors (Lipinski definition) is 1. The molecule has 2 amide bonds. The van der Waals surface area contributed by atoms with Crippen LogP contribution in [0.3, 0.4) is 0 Å². The minimum absolute atomic E-state index is 0.135. The van der Waals surface area contributed by atoms with E-state index in [4.69, 9.17) is 4.74 Å². The van der Waals surface area contributed by atoms with Gasteiger partial charge in [-0.2, -0.15) is 0 Å². The van der Waals surface area contributed by atoms with Gasteiger partial charge in [0.15, 0.2) is 6.61 Å². The number of nitrogens with one attached hydrogen (secondary N) is 1. The molecule has 30 heavy (non-hydrogen) atoms. The highest BCUT2D eigenvalue weighted by atomic mass is 16.5. The van der Waals surface area contributed by atoms with Gasteiger partial charge in [0.25, 0.3) is 5.91 Å². The van der Waals surface area contributed by atoms with Crippen molar-refractivity contribution >= 4 is 22.6 Å². The quantitative estimate of drug-likeness (QED) is 0.615. The van der Waals surface area contributed by atoms with Gasteiger partial charge in [0.2, 0.25) is 5.91 Å². The Bertz CT molecular complexity index is 1010. The maximum absolute atomic E-state index is 13.1. The molecular weight excluding hydrogens is 376 g/mol. The lowest BCUT2D eigenvalue weighted by molar-refractivity contribution is -0.142. The van der Waals surface area contributed by atoms with Crippen LogP contribution in [-0.4, -0.2) is 35.9 Å². The van der Waals surface area contributed by atoms with Gasteiger partial charge in [-0.05, 0) is 37.8 Å². The molecule has 3 rings (SSSR count). The van der Waals surface area contributed by atoms with E-state index in [1.54, 1.807) is 11.8 Å². The largest absolute Gasteiger partial charge is 0.483 e. The van der Waals surface area contributed by atoms with E-state index < -0.39 is 6.04 Å². The van der Waals surface area contributed by atoms with Gasteiger partial charge in [0, 0.05) is 18.5 Å². The summed E-state index contributed by atoms with van der Waals surface area (Å²) in [6, 6.07) is 21.0. The Labute approximate surface area is 177 Å². The van der Waals surface area contributed by atoms with Gasteiger partial charge in [-0.25, -0.2) is 0 Å². The molecule has 5 heteroatoms. The molecule has 0 saturated carbocycles. The van der Waals surface area contributed by atoms with Crippen molar-refractivity contribution in [3.8, 4) is 5.75 Å².